The van der Waals surface area contributed by atoms with Crippen LogP contribution in [0.25, 0.3) is 11.0 Å². The molecule has 18 heavy (non-hydrogen) atoms. The fourth-order valence-corrected chi connectivity index (χ4v) is 2.76. The van der Waals surface area contributed by atoms with Crippen LogP contribution in [0.3, 0.4) is 0 Å². The second-order valence-corrected chi connectivity index (χ2v) is 6.36. The van der Waals surface area contributed by atoms with Crippen LogP contribution in [0.1, 0.15) is 43.7 Å². The minimum atomic E-state index is 0.473. The molecule has 0 aliphatic heterocycles. The van der Waals surface area contributed by atoms with Crippen LogP contribution in [0.4, 0.5) is 0 Å². The summed E-state index contributed by atoms with van der Waals surface area (Å²) in [5, 5.41) is 4.78. The van der Waals surface area contributed by atoms with Gasteiger partial charge in [-0.15, -0.1) is 0 Å². The lowest BCUT2D eigenvalue weighted by atomic mass is 10.00. The summed E-state index contributed by atoms with van der Waals surface area (Å²) in [6.07, 6.45) is 4.53. The van der Waals surface area contributed by atoms with Crippen molar-refractivity contribution >= 4 is 26.9 Å². The predicted octanol–water partition coefficient (Wildman–Crippen LogP) is 4.57. The Morgan fingerprint density at radius 2 is 2.17 bits per heavy atom. The minimum Gasteiger partial charge on any atom is -0.464 e. The molecule has 2 nitrogen and oxygen atoms in total. The van der Waals surface area contributed by atoms with Gasteiger partial charge in [0, 0.05) is 28.0 Å². The molecule has 0 spiro atoms. The zero-order valence-electron chi connectivity index (χ0n) is 10.8. The van der Waals surface area contributed by atoms with Crippen LogP contribution >= 0.6 is 15.9 Å². The highest BCUT2D eigenvalue weighted by atomic mass is 79.9. The fourth-order valence-electron chi connectivity index (χ4n) is 2.29. The van der Waals surface area contributed by atoms with E-state index in [2.05, 4.69) is 47.2 Å². The summed E-state index contributed by atoms with van der Waals surface area (Å²) >= 11 is 3.60. The topological polar surface area (TPSA) is 25.2 Å². The Kier molecular flexibility index (Phi) is 3.20. The summed E-state index contributed by atoms with van der Waals surface area (Å²) in [6, 6.07) is 5.05. The fraction of sp³-hybridized carbons (Fsp3) is 0.467. The maximum absolute atomic E-state index is 5.79. The van der Waals surface area contributed by atoms with E-state index in [0.29, 0.717) is 5.92 Å². The normalized spacial score (nSPS) is 15.8. The van der Waals surface area contributed by atoms with E-state index in [1.54, 1.807) is 0 Å². The Balaban J connectivity index is 2.00. The summed E-state index contributed by atoms with van der Waals surface area (Å²) in [7, 11) is 0. The van der Waals surface area contributed by atoms with Gasteiger partial charge in [0.1, 0.15) is 5.58 Å². The van der Waals surface area contributed by atoms with Crippen molar-refractivity contribution in [1.29, 1.82) is 0 Å². The van der Waals surface area contributed by atoms with Crippen molar-refractivity contribution in [3.05, 3.63) is 34.0 Å². The lowest BCUT2D eigenvalue weighted by Crippen LogP contribution is -2.14. The first-order valence-electron chi connectivity index (χ1n) is 6.58. The number of halogens is 1. The number of benzene rings is 1. The summed E-state index contributed by atoms with van der Waals surface area (Å²) < 4.78 is 6.92. The highest BCUT2D eigenvalue weighted by molar-refractivity contribution is 9.10. The zero-order chi connectivity index (χ0) is 12.7. The molecule has 1 saturated carbocycles. The lowest BCUT2D eigenvalue weighted by Gasteiger charge is -2.07. The van der Waals surface area contributed by atoms with Crippen LogP contribution < -0.4 is 5.32 Å². The van der Waals surface area contributed by atoms with E-state index >= 15 is 0 Å². The standard InChI is InChI=1S/C15H18BrNO/c1-9(2)13-5-11(16)6-14-10(8-18-15(13)14)7-17-12-3-4-12/h5-6,8-9,12,17H,3-4,7H2,1-2H3. The molecule has 1 heterocycles. The van der Waals surface area contributed by atoms with Gasteiger partial charge in [0.25, 0.3) is 0 Å². The molecule has 1 fully saturated rings. The quantitative estimate of drug-likeness (QED) is 0.895. The van der Waals surface area contributed by atoms with Gasteiger partial charge in [-0.2, -0.15) is 0 Å². The minimum absolute atomic E-state index is 0.473. The Morgan fingerprint density at radius 1 is 1.39 bits per heavy atom. The third kappa shape index (κ3) is 2.34. The maximum atomic E-state index is 5.79. The molecule has 0 bridgehead atoms. The average molecular weight is 308 g/mol. The van der Waals surface area contributed by atoms with E-state index in [-0.39, 0.29) is 0 Å². The van der Waals surface area contributed by atoms with E-state index in [1.165, 1.54) is 29.4 Å². The van der Waals surface area contributed by atoms with E-state index in [9.17, 15) is 0 Å². The third-order valence-corrected chi connectivity index (χ3v) is 3.99. The Labute approximate surface area is 116 Å². The van der Waals surface area contributed by atoms with Crippen molar-refractivity contribution in [3.63, 3.8) is 0 Å². The Morgan fingerprint density at radius 3 is 2.83 bits per heavy atom. The number of fused-ring (bicyclic) bond motifs is 1. The van der Waals surface area contributed by atoms with E-state index in [1.807, 2.05) is 6.26 Å². The molecule has 1 aliphatic carbocycles. The SMILES string of the molecule is CC(C)c1cc(Br)cc2c(CNC3CC3)coc12. The van der Waals surface area contributed by atoms with Crippen LogP contribution in [-0.4, -0.2) is 6.04 Å². The molecule has 96 valence electrons. The van der Waals surface area contributed by atoms with Crippen molar-refractivity contribution < 1.29 is 4.42 Å². The number of furan rings is 1. The van der Waals surface area contributed by atoms with Gasteiger partial charge >= 0.3 is 0 Å². The number of hydrogen-bond donors (Lipinski definition) is 1. The summed E-state index contributed by atoms with van der Waals surface area (Å²) in [5.74, 6) is 0.473. The molecule has 1 aliphatic rings. The van der Waals surface area contributed by atoms with E-state index in [4.69, 9.17) is 4.42 Å². The predicted molar refractivity (Wildman–Crippen MR) is 77.9 cm³/mol. The molecule has 0 saturated heterocycles. The molecule has 3 rings (SSSR count). The average Bonchev–Trinajstić information content (AvgIpc) is 3.07. The first-order valence-corrected chi connectivity index (χ1v) is 7.37. The monoisotopic (exact) mass is 307 g/mol. The number of nitrogens with one attached hydrogen (secondary N) is 1. The smallest absolute Gasteiger partial charge is 0.137 e. The lowest BCUT2D eigenvalue weighted by molar-refractivity contribution is 0.595. The third-order valence-electron chi connectivity index (χ3n) is 3.53. The second-order valence-electron chi connectivity index (χ2n) is 5.44. The highest BCUT2D eigenvalue weighted by Crippen LogP contribution is 2.33. The molecule has 0 unspecified atom stereocenters. The molecule has 2 aromatic rings. The summed E-state index contributed by atoms with van der Waals surface area (Å²) in [5.41, 5.74) is 3.58. The number of hydrogen-bond acceptors (Lipinski definition) is 2. The van der Waals surface area contributed by atoms with Crippen molar-refractivity contribution in [2.75, 3.05) is 0 Å². The Bertz CT molecular complexity index is 569. The summed E-state index contributed by atoms with van der Waals surface area (Å²) in [6.45, 7) is 5.31. The van der Waals surface area contributed by atoms with Crippen molar-refractivity contribution in [3.8, 4) is 0 Å². The second kappa shape index (κ2) is 4.71. The van der Waals surface area contributed by atoms with Gasteiger partial charge in [-0.05, 0) is 36.5 Å². The van der Waals surface area contributed by atoms with Gasteiger partial charge in [-0.1, -0.05) is 29.8 Å². The number of rotatable bonds is 4. The van der Waals surface area contributed by atoms with Crippen LogP contribution in [0.15, 0.2) is 27.3 Å². The van der Waals surface area contributed by atoms with E-state index in [0.717, 1.165) is 22.6 Å². The molecular formula is C15H18BrNO. The Hall–Kier alpha value is -0.800. The van der Waals surface area contributed by atoms with Gasteiger partial charge in [0.2, 0.25) is 0 Å². The molecule has 3 heteroatoms. The van der Waals surface area contributed by atoms with Gasteiger partial charge in [0.05, 0.1) is 6.26 Å². The molecule has 1 aromatic carbocycles. The van der Waals surface area contributed by atoms with Crippen molar-refractivity contribution in [2.24, 2.45) is 0 Å². The van der Waals surface area contributed by atoms with Gasteiger partial charge in [-0.25, -0.2) is 0 Å². The van der Waals surface area contributed by atoms with Crippen LogP contribution in [0, 0.1) is 0 Å². The zero-order valence-corrected chi connectivity index (χ0v) is 12.4. The van der Waals surface area contributed by atoms with Crippen molar-refractivity contribution in [1.82, 2.24) is 5.32 Å². The summed E-state index contributed by atoms with van der Waals surface area (Å²) in [4.78, 5) is 0. The molecule has 0 amide bonds. The van der Waals surface area contributed by atoms with Crippen LogP contribution in [0.2, 0.25) is 0 Å². The maximum Gasteiger partial charge on any atom is 0.137 e. The van der Waals surface area contributed by atoms with E-state index < -0.39 is 0 Å². The first-order chi connectivity index (χ1) is 8.65. The van der Waals surface area contributed by atoms with Crippen molar-refractivity contribution in [2.45, 2.75) is 45.2 Å². The highest BCUT2D eigenvalue weighted by Gasteiger charge is 2.21. The van der Waals surface area contributed by atoms with Gasteiger partial charge in [-0.3, -0.25) is 0 Å². The largest absolute Gasteiger partial charge is 0.464 e. The molecule has 0 radical (unpaired) electrons. The van der Waals surface area contributed by atoms with Crippen LogP contribution in [-0.2, 0) is 6.54 Å². The molecule has 1 aromatic heterocycles. The van der Waals surface area contributed by atoms with Crippen LogP contribution in [0.5, 0.6) is 0 Å². The molecular weight excluding hydrogens is 290 g/mol. The molecule has 1 N–H and O–H groups in total. The van der Waals surface area contributed by atoms with Gasteiger partial charge < -0.3 is 9.73 Å². The first kappa shape index (κ1) is 12.2. The molecule has 0 atom stereocenters. The van der Waals surface area contributed by atoms with Gasteiger partial charge in [0.15, 0.2) is 0 Å².